The van der Waals surface area contributed by atoms with Gasteiger partial charge in [0.05, 0.1) is 4.90 Å². The molecule has 0 spiro atoms. The van der Waals surface area contributed by atoms with Crippen molar-refractivity contribution in [3.63, 3.8) is 0 Å². The van der Waals surface area contributed by atoms with Crippen LogP contribution in [0.5, 0.6) is 0 Å². The van der Waals surface area contributed by atoms with Gasteiger partial charge >= 0.3 is 0 Å². The fraction of sp³-hybridized carbons (Fsp3) is 0.538. The first-order chi connectivity index (χ1) is 8.90. The molecular formula is C13H20ClFN2O2S. The number of benzene rings is 1. The van der Waals surface area contributed by atoms with Gasteiger partial charge in [-0.25, -0.2) is 17.5 Å². The molecule has 0 saturated carbocycles. The molecule has 0 amide bonds. The van der Waals surface area contributed by atoms with E-state index < -0.39 is 10.0 Å². The number of halogens is 2. The van der Waals surface area contributed by atoms with E-state index in [4.69, 9.17) is 0 Å². The highest BCUT2D eigenvalue weighted by Crippen LogP contribution is 2.19. The van der Waals surface area contributed by atoms with Crippen LogP contribution in [0.15, 0.2) is 17.0 Å². The summed E-state index contributed by atoms with van der Waals surface area (Å²) in [4.78, 5) is 0.141. The maximum Gasteiger partial charge on any atom is 0.240 e. The van der Waals surface area contributed by atoms with Crippen molar-refractivity contribution >= 4 is 22.4 Å². The molecule has 4 nitrogen and oxygen atoms in total. The zero-order valence-corrected chi connectivity index (χ0v) is 13.2. The molecule has 1 saturated heterocycles. The van der Waals surface area contributed by atoms with Crippen molar-refractivity contribution < 1.29 is 12.8 Å². The molecular weight excluding hydrogens is 303 g/mol. The highest BCUT2D eigenvalue weighted by Gasteiger charge is 2.22. The number of nitrogens with one attached hydrogen (secondary N) is 2. The van der Waals surface area contributed by atoms with Crippen LogP contribution >= 0.6 is 12.4 Å². The smallest absolute Gasteiger partial charge is 0.240 e. The monoisotopic (exact) mass is 322 g/mol. The molecule has 0 aliphatic carbocycles. The van der Waals surface area contributed by atoms with Crippen LogP contribution in [0.1, 0.15) is 24.0 Å². The van der Waals surface area contributed by atoms with Gasteiger partial charge in [-0.05, 0) is 63.0 Å². The topological polar surface area (TPSA) is 58.2 Å². The summed E-state index contributed by atoms with van der Waals surface area (Å²) < 4.78 is 40.8. The Bertz CT molecular complexity index is 549. The average molecular weight is 323 g/mol. The van der Waals surface area contributed by atoms with Gasteiger partial charge in [0.2, 0.25) is 10.0 Å². The van der Waals surface area contributed by atoms with Gasteiger partial charge in [0.15, 0.2) is 0 Å². The first-order valence-electron chi connectivity index (χ1n) is 6.40. The maximum absolute atomic E-state index is 13.5. The van der Waals surface area contributed by atoms with Gasteiger partial charge in [-0.2, -0.15) is 0 Å². The van der Waals surface area contributed by atoms with Gasteiger partial charge in [0.25, 0.3) is 0 Å². The Labute approximate surface area is 125 Å². The second kappa shape index (κ2) is 6.85. The second-order valence-electron chi connectivity index (χ2n) is 5.02. The van der Waals surface area contributed by atoms with Gasteiger partial charge in [-0.1, -0.05) is 0 Å². The van der Waals surface area contributed by atoms with Crippen LogP contribution in [0, 0.1) is 19.7 Å². The summed E-state index contributed by atoms with van der Waals surface area (Å²) in [6.45, 7) is 4.78. The Morgan fingerprint density at radius 2 is 1.70 bits per heavy atom. The van der Waals surface area contributed by atoms with Gasteiger partial charge in [-0.3, -0.25) is 0 Å². The molecule has 2 N–H and O–H groups in total. The van der Waals surface area contributed by atoms with E-state index in [0.717, 1.165) is 25.9 Å². The van der Waals surface area contributed by atoms with E-state index in [1.165, 1.54) is 12.1 Å². The molecule has 1 fully saturated rings. The Morgan fingerprint density at radius 1 is 1.20 bits per heavy atom. The lowest BCUT2D eigenvalue weighted by Crippen LogP contribution is -2.42. The summed E-state index contributed by atoms with van der Waals surface area (Å²) in [5.41, 5.74) is 0.705. The molecule has 20 heavy (non-hydrogen) atoms. The third kappa shape index (κ3) is 3.91. The molecule has 1 aromatic carbocycles. The summed E-state index contributed by atoms with van der Waals surface area (Å²) >= 11 is 0. The maximum atomic E-state index is 13.5. The van der Waals surface area contributed by atoms with Crippen molar-refractivity contribution in [3.05, 3.63) is 29.1 Å². The summed E-state index contributed by atoms with van der Waals surface area (Å²) in [5, 5.41) is 3.18. The van der Waals surface area contributed by atoms with E-state index in [9.17, 15) is 12.8 Å². The third-order valence-corrected chi connectivity index (χ3v) is 4.88. The summed E-state index contributed by atoms with van der Waals surface area (Å²) in [6, 6.07) is 2.72. The summed E-state index contributed by atoms with van der Waals surface area (Å²) in [6.07, 6.45) is 1.55. The van der Waals surface area contributed by atoms with Crippen LogP contribution in [0.25, 0.3) is 0 Å². The molecule has 1 aliphatic rings. The molecule has 1 aromatic rings. The van der Waals surface area contributed by atoms with Crippen LogP contribution < -0.4 is 10.0 Å². The minimum atomic E-state index is -3.57. The molecule has 1 aliphatic heterocycles. The average Bonchev–Trinajstić information content (AvgIpc) is 2.36. The summed E-state index contributed by atoms with van der Waals surface area (Å²) in [7, 11) is -3.57. The highest BCUT2D eigenvalue weighted by molar-refractivity contribution is 7.89. The van der Waals surface area contributed by atoms with Crippen LogP contribution in [0.4, 0.5) is 4.39 Å². The predicted octanol–water partition coefficient (Wildman–Crippen LogP) is 1.89. The van der Waals surface area contributed by atoms with Gasteiger partial charge in [0.1, 0.15) is 5.82 Å². The van der Waals surface area contributed by atoms with Crippen molar-refractivity contribution in [2.75, 3.05) is 13.1 Å². The van der Waals surface area contributed by atoms with Crippen molar-refractivity contribution in [3.8, 4) is 0 Å². The Balaban J connectivity index is 0.00000200. The standard InChI is InChI=1S/C13H19FN2O2S.ClH/c1-9-7-12(8-10(2)13(9)14)19(17,18)16-11-3-5-15-6-4-11;/h7-8,11,15-16H,3-6H2,1-2H3;1H. The quantitative estimate of drug-likeness (QED) is 0.893. The number of hydrogen-bond donors (Lipinski definition) is 2. The lowest BCUT2D eigenvalue weighted by atomic mass is 10.1. The van der Waals surface area contributed by atoms with E-state index in [2.05, 4.69) is 10.0 Å². The Kier molecular flexibility index (Phi) is 5.94. The predicted molar refractivity (Wildman–Crippen MR) is 79.3 cm³/mol. The highest BCUT2D eigenvalue weighted by atomic mass is 35.5. The van der Waals surface area contributed by atoms with E-state index in [0.29, 0.717) is 11.1 Å². The zero-order valence-electron chi connectivity index (χ0n) is 11.6. The summed E-state index contributed by atoms with van der Waals surface area (Å²) in [5.74, 6) is -0.346. The van der Waals surface area contributed by atoms with Gasteiger partial charge in [-0.15, -0.1) is 12.4 Å². The lowest BCUT2D eigenvalue weighted by Gasteiger charge is -2.23. The van der Waals surface area contributed by atoms with Crippen molar-refractivity contribution in [1.29, 1.82) is 0 Å². The molecule has 7 heteroatoms. The normalized spacial score (nSPS) is 16.8. The second-order valence-corrected chi connectivity index (χ2v) is 6.73. The van der Waals surface area contributed by atoms with Crippen molar-refractivity contribution in [2.24, 2.45) is 0 Å². The minimum Gasteiger partial charge on any atom is -0.317 e. The van der Waals surface area contributed by atoms with Crippen LogP contribution in [-0.4, -0.2) is 27.5 Å². The molecule has 1 heterocycles. The molecule has 0 unspecified atom stereocenters. The lowest BCUT2D eigenvalue weighted by molar-refractivity contribution is 0.427. The molecule has 114 valence electrons. The number of aryl methyl sites for hydroxylation is 2. The number of rotatable bonds is 3. The molecule has 0 atom stereocenters. The van der Waals surface area contributed by atoms with E-state index in [-0.39, 0.29) is 29.2 Å². The molecule has 2 rings (SSSR count). The molecule has 0 aromatic heterocycles. The third-order valence-electron chi connectivity index (χ3n) is 3.38. The van der Waals surface area contributed by atoms with Crippen LogP contribution in [-0.2, 0) is 10.0 Å². The van der Waals surface area contributed by atoms with Gasteiger partial charge < -0.3 is 5.32 Å². The van der Waals surface area contributed by atoms with Crippen LogP contribution in [0.2, 0.25) is 0 Å². The first kappa shape index (κ1) is 17.4. The van der Waals surface area contributed by atoms with Gasteiger partial charge in [0, 0.05) is 6.04 Å². The molecule has 0 bridgehead atoms. The van der Waals surface area contributed by atoms with Crippen LogP contribution in [0.3, 0.4) is 0 Å². The minimum absolute atomic E-state index is 0. The molecule has 0 radical (unpaired) electrons. The number of hydrogen-bond acceptors (Lipinski definition) is 3. The Morgan fingerprint density at radius 3 is 2.20 bits per heavy atom. The van der Waals surface area contributed by atoms with E-state index in [1.54, 1.807) is 13.8 Å². The van der Waals surface area contributed by atoms with Crippen molar-refractivity contribution in [1.82, 2.24) is 10.0 Å². The fourth-order valence-electron chi connectivity index (χ4n) is 2.29. The van der Waals surface area contributed by atoms with E-state index >= 15 is 0 Å². The SMILES string of the molecule is Cc1cc(S(=O)(=O)NC2CCNCC2)cc(C)c1F.Cl. The largest absolute Gasteiger partial charge is 0.317 e. The number of sulfonamides is 1. The van der Waals surface area contributed by atoms with E-state index in [1.807, 2.05) is 0 Å². The first-order valence-corrected chi connectivity index (χ1v) is 7.88. The fourth-order valence-corrected chi connectivity index (χ4v) is 3.76. The zero-order chi connectivity index (χ0) is 14.0. The Hall–Kier alpha value is -0.690. The van der Waals surface area contributed by atoms with Crippen molar-refractivity contribution in [2.45, 2.75) is 37.6 Å². The number of piperidine rings is 1.